The summed E-state index contributed by atoms with van der Waals surface area (Å²) in [4.78, 5) is 15.8. The number of rotatable bonds is 6. The van der Waals surface area contributed by atoms with Crippen LogP contribution in [0.4, 0.5) is 5.69 Å². The fourth-order valence-corrected chi connectivity index (χ4v) is 5.30. The van der Waals surface area contributed by atoms with Crippen molar-refractivity contribution in [1.82, 2.24) is 15.1 Å². The first-order valence-electron chi connectivity index (χ1n) is 11.5. The molecule has 0 spiro atoms. The largest absolute Gasteiger partial charge is 0.324 e. The van der Waals surface area contributed by atoms with Crippen molar-refractivity contribution in [1.29, 1.82) is 0 Å². The van der Waals surface area contributed by atoms with Gasteiger partial charge in [-0.3, -0.25) is 14.8 Å². The quantitative estimate of drug-likeness (QED) is 0.379. The van der Waals surface area contributed by atoms with Crippen molar-refractivity contribution < 1.29 is 13.2 Å². The van der Waals surface area contributed by atoms with Gasteiger partial charge in [-0.2, -0.15) is 5.10 Å². The summed E-state index contributed by atoms with van der Waals surface area (Å²) in [7, 11) is -3.84. The highest BCUT2D eigenvalue weighted by Crippen LogP contribution is 2.32. The molecule has 1 aromatic heterocycles. The van der Waals surface area contributed by atoms with Crippen LogP contribution in [0.15, 0.2) is 71.6 Å². The standard InChI is InChI=1S/C26H27N5O3S/c1-17-7-2-3-10-21(17)25(31-13-4-5-14-31)26(32)28-19-11-12-23-22(16-19)24(30-29-23)18-8-6-9-20(15-18)35(27,33)34/h2-3,6-12,15-16,25H,4-5,13-14H2,1H3,(H,28,32)(H,29,30)(H2,27,33,34). The number of hydrogen-bond donors (Lipinski definition) is 3. The predicted molar refractivity (Wildman–Crippen MR) is 136 cm³/mol. The summed E-state index contributed by atoms with van der Waals surface area (Å²) in [6.07, 6.45) is 2.16. The van der Waals surface area contributed by atoms with Crippen molar-refractivity contribution in [2.24, 2.45) is 5.14 Å². The maximum absolute atomic E-state index is 13.6. The van der Waals surface area contributed by atoms with Gasteiger partial charge >= 0.3 is 0 Å². The van der Waals surface area contributed by atoms with Gasteiger partial charge in [-0.25, -0.2) is 13.6 Å². The highest BCUT2D eigenvalue weighted by molar-refractivity contribution is 7.89. The predicted octanol–water partition coefficient (Wildman–Crippen LogP) is 3.96. The van der Waals surface area contributed by atoms with Crippen molar-refractivity contribution in [2.75, 3.05) is 18.4 Å². The van der Waals surface area contributed by atoms with Crippen LogP contribution >= 0.6 is 0 Å². The molecule has 2 heterocycles. The number of aryl methyl sites for hydroxylation is 1. The van der Waals surface area contributed by atoms with Crippen LogP contribution in [0.1, 0.15) is 30.0 Å². The number of anilines is 1. The molecule has 1 aliphatic heterocycles. The van der Waals surface area contributed by atoms with Crippen LogP contribution in [0.3, 0.4) is 0 Å². The molecule has 1 saturated heterocycles. The average Bonchev–Trinajstić information content (AvgIpc) is 3.50. The third kappa shape index (κ3) is 4.70. The number of aromatic amines is 1. The number of sulfonamides is 1. The van der Waals surface area contributed by atoms with Gasteiger partial charge in [0.1, 0.15) is 11.7 Å². The molecular weight excluding hydrogens is 462 g/mol. The van der Waals surface area contributed by atoms with Crippen LogP contribution in [0, 0.1) is 6.92 Å². The first-order valence-corrected chi connectivity index (χ1v) is 13.1. The molecule has 0 bridgehead atoms. The van der Waals surface area contributed by atoms with E-state index in [4.69, 9.17) is 5.14 Å². The number of nitrogens with two attached hydrogens (primary N) is 1. The number of amides is 1. The molecule has 4 N–H and O–H groups in total. The minimum Gasteiger partial charge on any atom is -0.324 e. The Hall–Kier alpha value is -3.53. The lowest BCUT2D eigenvalue weighted by atomic mass is 9.99. The molecule has 0 saturated carbocycles. The van der Waals surface area contributed by atoms with E-state index in [0.717, 1.165) is 48.0 Å². The number of fused-ring (bicyclic) bond motifs is 1. The zero-order chi connectivity index (χ0) is 24.6. The van der Waals surface area contributed by atoms with Crippen LogP contribution in [-0.4, -0.2) is 42.5 Å². The lowest BCUT2D eigenvalue weighted by molar-refractivity contribution is -0.121. The number of hydrogen-bond acceptors (Lipinski definition) is 5. The smallest absolute Gasteiger partial charge is 0.246 e. The summed E-state index contributed by atoms with van der Waals surface area (Å²) in [5.74, 6) is -0.0817. The van der Waals surface area contributed by atoms with Gasteiger partial charge in [-0.1, -0.05) is 36.4 Å². The second-order valence-corrected chi connectivity index (χ2v) is 10.5. The van der Waals surface area contributed by atoms with Crippen LogP contribution < -0.4 is 10.5 Å². The van der Waals surface area contributed by atoms with Gasteiger partial charge in [0.25, 0.3) is 0 Å². The van der Waals surface area contributed by atoms with Crippen molar-refractivity contribution in [2.45, 2.75) is 30.7 Å². The Labute approximate surface area is 204 Å². The van der Waals surface area contributed by atoms with Crippen LogP contribution in [0.5, 0.6) is 0 Å². The fraction of sp³-hybridized carbons (Fsp3) is 0.231. The van der Waals surface area contributed by atoms with E-state index >= 15 is 0 Å². The number of primary sulfonamides is 1. The summed E-state index contributed by atoms with van der Waals surface area (Å²) in [5.41, 5.74) is 4.70. The summed E-state index contributed by atoms with van der Waals surface area (Å²) in [6, 6.07) is 19.5. The number of likely N-dealkylation sites (tertiary alicyclic amines) is 1. The molecule has 0 radical (unpaired) electrons. The van der Waals surface area contributed by atoms with Gasteiger partial charge in [0, 0.05) is 16.6 Å². The number of carbonyl (C=O) groups excluding carboxylic acids is 1. The molecule has 1 fully saturated rings. The fourth-order valence-electron chi connectivity index (χ4n) is 4.74. The Morgan fingerprint density at radius 3 is 2.57 bits per heavy atom. The van der Waals surface area contributed by atoms with E-state index in [9.17, 15) is 13.2 Å². The van der Waals surface area contributed by atoms with E-state index in [1.54, 1.807) is 12.1 Å². The molecule has 180 valence electrons. The lowest BCUT2D eigenvalue weighted by Gasteiger charge is -2.28. The van der Waals surface area contributed by atoms with Gasteiger partial charge in [0.2, 0.25) is 15.9 Å². The molecule has 35 heavy (non-hydrogen) atoms. The van der Waals surface area contributed by atoms with E-state index in [1.165, 1.54) is 12.1 Å². The monoisotopic (exact) mass is 489 g/mol. The first-order chi connectivity index (χ1) is 16.8. The molecule has 1 atom stereocenters. The van der Waals surface area contributed by atoms with Crippen molar-refractivity contribution in [3.8, 4) is 11.3 Å². The molecule has 3 aromatic carbocycles. The van der Waals surface area contributed by atoms with Crippen LogP contribution in [-0.2, 0) is 14.8 Å². The number of nitrogens with one attached hydrogen (secondary N) is 2. The van der Waals surface area contributed by atoms with Crippen molar-refractivity contribution >= 4 is 32.5 Å². The highest BCUT2D eigenvalue weighted by atomic mass is 32.2. The maximum Gasteiger partial charge on any atom is 0.246 e. The van der Waals surface area contributed by atoms with Crippen LogP contribution in [0.25, 0.3) is 22.2 Å². The number of benzene rings is 3. The summed E-state index contributed by atoms with van der Waals surface area (Å²) < 4.78 is 23.6. The zero-order valence-corrected chi connectivity index (χ0v) is 20.2. The highest BCUT2D eigenvalue weighted by Gasteiger charge is 2.30. The molecule has 5 rings (SSSR count). The minimum absolute atomic E-state index is 0.0160. The Bertz CT molecular complexity index is 1510. The summed E-state index contributed by atoms with van der Waals surface area (Å²) in [6.45, 7) is 3.81. The second-order valence-electron chi connectivity index (χ2n) is 8.90. The van der Waals surface area contributed by atoms with Gasteiger partial charge in [0.05, 0.1) is 10.4 Å². The summed E-state index contributed by atoms with van der Waals surface area (Å²) >= 11 is 0. The number of aromatic nitrogens is 2. The first kappa shape index (κ1) is 23.2. The van der Waals surface area contributed by atoms with Gasteiger partial charge < -0.3 is 5.32 Å². The Morgan fingerprint density at radius 2 is 1.83 bits per heavy atom. The van der Waals surface area contributed by atoms with Gasteiger partial charge in [0.15, 0.2) is 0 Å². The minimum atomic E-state index is -3.84. The molecule has 1 unspecified atom stereocenters. The third-order valence-electron chi connectivity index (χ3n) is 6.50. The molecule has 8 nitrogen and oxygen atoms in total. The average molecular weight is 490 g/mol. The topological polar surface area (TPSA) is 121 Å². The number of H-pyrrole nitrogens is 1. The van der Waals surface area contributed by atoms with E-state index < -0.39 is 10.0 Å². The van der Waals surface area contributed by atoms with Crippen molar-refractivity contribution in [3.63, 3.8) is 0 Å². The van der Waals surface area contributed by atoms with E-state index in [2.05, 4.69) is 20.4 Å². The number of nitrogens with zero attached hydrogens (tertiary/aromatic N) is 2. The second kappa shape index (κ2) is 9.26. The zero-order valence-electron chi connectivity index (χ0n) is 19.4. The normalized spacial score (nSPS) is 15.4. The Kier molecular flexibility index (Phi) is 6.14. The molecule has 1 aliphatic rings. The number of carbonyl (C=O) groups is 1. The molecule has 0 aliphatic carbocycles. The molecule has 4 aromatic rings. The molecule has 9 heteroatoms. The van der Waals surface area contributed by atoms with Crippen LogP contribution in [0.2, 0.25) is 0 Å². The molecular formula is C26H27N5O3S. The third-order valence-corrected chi connectivity index (χ3v) is 7.41. The van der Waals surface area contributed by atoms with E-state index in [-0.39, 0.29) is 16.8 Å². The van der Waals surface area contributed by atoms with Gasteiger partial charge in [-0.05, 0) is 74.3 Å². The van der Waals surface area contributed by atoms with Crippen molar-refractivity contribution in [3.05, 3.63) is 77.9 Å². The van der Waals surface area contributed by atoms with E-state index in [1.807, 2.05) is 49.4 Å². The maximum atomic E-state index is 13.6. The molecule has 1 amide bonds. The summed E-state index contributed by atoms with van der Waals surface area (Å²) in [5, 5.41) is 16.5. The SMILES string of the molecule is Cc1ccccc1C(C(=O)Nc1ccc2[nH]nc(-c3cccc(S(N)(=O)=O)c3)c2c1)N1CCCC1. The Morgan fingerprint density at radius 1 is 1.06 bits per heavy atom. The van der Waals surface area contributed by atoms with Gasteiger partial charge in [-0.15, -0.1) is 0 Å². The van der Waals surface area contributed by atoms with E-state index in [0.29, 0.717) is 16.9 Å². The lowest BCUT2D eigenvalue weighted by Crippen LogP contribution is -2.35. The Balaban J connectivity index is 1.49.